The smallest absolute Gasteiger partial charge is 0.205 e. The first-order valence-corrected chi connectivity index (χ1v) is 8.43. The van der Waals surface area contributed by atoms with Gasteiger partial charge in [0.1, 0.15) is 11.4 Å². The number of nitrogens with zero attached hydrogens (tertiary/aromatic N) is 5. The third kappa shape index (κ3) is 3.11. The molecule has 3 aromatic rings. The lowest BCUT2D eigenvalue weighted by Crippen LogP contribution is -2.25. The minimum absolute atomic E-state index is 0.0727. The summed E-state index contributed by atoms with van der Waals surface area (Å²) in [6.45, 7) is 1.28. The van der Waals surface area contributed by atoms with Gasteiger partial charge in [-0.2, -0.15) is 10.2 Å². The van der Waals surface area contributed by atoms with Gasteiger partial charge in [-0.25, -0.2) is 4.68 Å². The van der Waals surface area contributed by atoms with Gasteiger partial charge in [-0.05, 0) is 23.8 Å². The van der Waals surface area contributed by atoms with Crippen molar-refractivity contribution in [1.82, 2.24) is 19.6 Å². The Morgan fingerprint density at radius 1 is 1.31 bits per heavy atom. The highest BCUT2D eigenvalue weighted by Gasteiger charge is 2.11. The summed E-state index contributed by atoms with van der Waals surface area (Å²) in [5.74, 6) is 0. The van der Waals surface area contributed by atoms with E-state index in [4.69, 9.17) is 0 Å². The summed E-state index contributed by atoms with van der Waals surface area (Å²) in [5, 5.41) is 12.0. The zero-order valence-electron chi connectivity index (χ0n) is 14.8. The second kappa shape index (κ2) is 6.51. The Labute approximate surface area is 151 Å². The van der Waals surface area contributed by atoms with Crippen LogP contribution >= 0.6 is 0 Å². The van der Waals surface area contributed by atoms with E-state index >= 15 is 0 Å². The average Bonchev–Trinajstić information content (AvgIpc) is 3.09. The summed E-state index contributed by atoms with van der Waals surface area (Å²) in [7, 11) is 3.81. The molecule has 1 aliphatic rings. The van der Waals surface area contributed by atoms with Crippen LogP contribution in [-0.4, -0.2) is 33.2 Å². The van der Waals surface area contributed by atoms with Gasteiger partial charge in [-0.3, -0.25) is 9.48 Å². The fraction of sp³-hybridized carbons (Fsp3) is 0.211. The van der Waals surface area contributed by atoms with Crippen molar-refractivity contribution in [2.75, 3.05) is 23.8 Å². The van der Waals surface area contributed by atoms with Crippen LogP contribution in [0.15, 0.2) is 53.7 Å². The Balaban J connectivity index is 1.61. The van der Waals surface area contributed by atoms with Crippen molar-refractivity contribution in [1.29, 1.82) is 0 Å². The Morgan fingerprint density at radius 3 is 3.00 bits per heavy atom. The molecule has 26 heavy (non-hydrogen) atoms. The van der Waals surface area contributed by atoms with Crippen molar-refractivity contribution >= 4 is 17.5 Å². The first-order chi connectivity index (χ1) is 12.6. The lowest BCUT2D eigenvalue weighted by molar-refractivity contribution is 0.750. The van der Waals surface area contributed by atoms with Gasteiger partial charge >= 0.3 is 0 Å². The van der Waals surface area contributed by atoms with Gasteiger partial charge < -0.3 is 10.2 Å². The molecule has 0 unspecified atom stereocenters. The number of aryl methyl sites for hydroxylation is 1. The molecule has 7 nitrogen and oxygen atoms in total. The van der Waals surface area contributed by atoms with E-state index in [-0.39, 0.29) is 5.43 Å². The number of benzene rings is 1. The molecular weight excluding hydrogens is 328 g/mol. The molecule has 3 heterocycles. The van der Waals surface area contributed by atoms with Gasteiger partial charge in [0.25, 0.3) is 0 Å². The fourth-order valence-corrected chi connectivity index (χ4v) is 2.98. The third-order valence-corrected chi connectivity index (χ3v) is 4.41. The molecular formula is C19H20N6O. The lowest BCUT2D eigenvalue weighted by atomic mass is 10.1. The quantitative estimate of drug-likeness (QED) is 0.781. The van der Waals surface area contributed by atoms with Crippen LogP contribution in [0.2, 0.25) is 0 Å². The second-order valence-electron chi connectivity index (χ2n) is 6.35. The standard InChI is InChI=1S/C19H20N6O/c1-23(15-5-6-17-14(10-15)4-3-8-20-17)13-18-19(26)7-9-25(22-18)16-11-21-24(2)12-16/h3-7,9-12,20H,8,13H2,1-2H3. The maximum Gasteiger partial charge on any atom is 0.205 e. The van der Waals surface area contributed by atoms with Crippen molar-refractivity contribution in [3.63, 3.8) is 0 Å². The second-order valence-corrected chi connectivity index (χ2v) is 6.35. The molecule has 0 bridgehead atoms. The molecule has 0 spiro atoms. The molecule has 0 radical (unpaired) electrons. The molecule has 0 aliphatic carbocycles. The van der Waals surface area contributed by atoms with Gasteiger partial charge in [0, 0.05) is 44.3 Å². The number of hydrogen-bond donors (Lipinski definition) is 1. The van der Waals surface area contributed by atoms with Gasteiger partial charge in [-0.15, -0.1) is 0 Å². The molecule has 4 rings (SSSR count). The Kier molecular flexibility index (Phi) is 4.04. The van der Waals surface area contributed by atoms with E-state index < -0.39 is 0 Å². The highest BCUT2D eigenvalue weighted by molar-refractivity contribution is 5.73. The molecule has 1 aromatic carbocycles. The van der Waals surface area contributed by atoms with E-state index in [1.807, 2.05) is 31.3 Å². The number of rotatable bonds is 4. The molecule has 7 heteroatoms. The van der Waals surface area contributed by atoms with Gasteiger partial charge in [-0.1, -0.05) is 12.2 Å². The SMILES string of the molecule is CN(Cc1nn(-c2cnn(C)c2)ccc1=O)c1ccc2c(c1)C=CCN2. The summed E-state index contributed by atoms with van der Waals surface area (Å²) >= 11 is 0. The molecule has 0 saturated carbocycles. The number of hydrogen-bond acceptors (Lipinski definition) is 5. The van der Waals surface area contributed by atoms with E-state index in [1.54, 1.807) is 27.8 Å². The number of aromatic nitrogens is 4. The maximum absolute atomic E-state index is 12.3. The molecule has 0 amide bonds. The molecule has 0 fully saturated rings. The van der Waals surface area contributed by atoms with Crippen LogP contribution in [0.3, 0.4) is 0 Å². The van der Waals surface area contributed by atoms with Crippen LogP contribution in [-0.2, 0) is 13.6 Å². The van der Waals surface area contributed by atoms with Crippen LogP contribution in [0.25, 0.3) is 11.8 Å². The third-order valence-electron chi connectivity index (χ3n) is 4.41. The lowest BCUT2D eigenvalue weighted by Gasteiger charge is -2.21. The van der Waals surface area contributed by atoms with Crippen molar-refractivity contribution in [3.8, 4) is 5.69 Å². The van der Waals surface area contributed by atoms with Gasteiger partial charge in [0.2, 0.25) is 5.43 Å². The minimum atomic E-state index is -0.0727. The molecule has 0 saturated heterocycles. The van der Waals surface area contributed by atoms with Gasteiger partial charge in [0.05, 0.1) is 18.9 Å². The molecule has 2 aromatic heterocycles. The number of nitrogens with one attached hydrogen (secondary N) is 1. The average molecular weight is 348 g/mol. The summed E-state index contributed by atoms with van der Waals surface area (Å²) in [6.07, 6.45) is 9.44. The van der Waals surface area contributed by atoms with E-state index in [1.165, 1.54) is 0 Å². The van der Waals surface area contributed by atoms with Crippen LogP contribution in [0.4, 0.5) is 11.4 Å². The van der Waals surface area contributed by atoms with E-state index in [0.717, 1.165) is 29.2 Å². The number of anilines is 2. The first-order valence-electron chi connectivity index (χ1n) is 8.43. The van der Waals surface area contributed by atoms with Crippen LogP contribution in [0.5, 0.6) is 0 Å². The summed E-state index contributed by atoms with van der Waals surface area (Å²) < 4.78 is 3.38. The predicted molar refractivity (Wildman–Crippen MR) is 103 cm³/mol. The largest absolute Gasteiger partial charge is 0.381 e. The van der Waals surface area contributed by atoms with Crippen LogP contribution in [0.1, 0.15) is 11.3 Å². The van der Waals surface area contributed by atoms with Crippen molar-refractivity contribution in [2.24, 2.45) is 7.05 Å². The Morgan fingerprint density at radius 2 is 2.19 bits per heavy atom. The molecule has 1 aliphatic heterocycles. The molecule has 0 atom stereocenters. The van der Waals surface area contributed by atoms with Crippen molar-refractivity contribution in [3.05, 3.63) is 70.4 Å². The van der Waals surface area contributed by atoms with Crippen LogP contribution in [0, 0.1) is 0 Å². The first kappa shape index (κ1) is 16.1. The van der Waals surface area contributed by atoms with E-state index in [9.17, 15) is 4.79 Å². The zero-order chi connectivity index (χ0) is 18.1. The fourth-order valence-electron chi connectivity index (χ4n) is 2.98. The van der Waals surface area contributed by atoms with E-state index in [0.29, 0.717) is 12.2 Å². The highest BCUT2D eigenvalue weighted by atomic mass is 16.1. The monoisotopic (exact) mass is 348 g/mol. The zero-order valence-corrected chi connectivity index (χ0v) is 14.8. The summed E-state index contributed by atoms with van der Waals surface area (Å²) in [4.78, 5) is 14.3. The normalized spacial score (nSPS) is 12.5. The van der Waals surface area contributed by atoms with Crippen LogP contribution < -0.4 is 15.6 Å². The van der Waals surface area contributed by atoms with Crippen molar-refractivity contribution in [2.45, 2.75) is 6.54 Å². The minimum Gasteiger partial charge on any atom is -0.381 e. The Hall–Kier alpha value is -3.35. The molecule has 1 N–H and O–H groups in total. The summed E-state index contributed by atoms with van der Waals surface area (Å²) in [5.41, 5.74) is 4.55. The Bertz CT molecular complexity index is 1030. The van der Waals surface area contributed by atoms with Gasteiger partial charge in [0.15, 0.2) is 0 Å². The summed E-state index contributed by atoms with van der Waals surface area (Å²) in [6, 6.07) is 7.77. The maximum atomic E-state index is 12.3. The topological polar surface area (TPSA) is 68.0 Å². The van der Waals surface area contributed by atoms with Crippen molar-refractivity contribution < 1.29 is 0 Å². The predicted octanol–water partition coefficient (Wildman–Crippen LogP) is 2.04. The van der Waals surface area contributed by atoms with E-state index in [2.05, 4.69) is 39.8 Å². The highest BCUT2D eigenvalue weighted by Crippen LogP contribution is 2.26. The molecule has 132 valence electrons. The number of fused-ring (bicyclic) bond motifs is 1.